The molecule has 1 heterocycles. The predicted octanol–water partition coefficient (Wildman–Crippen LogP) is 4.80. The van der Waals surface area contributed by atoms with E-state index in [-0.39, 0.29) is 0 Å². The Hall–Kier alpha value is -2.72. The predicted molar refractivity (Wildman–Crippen MR) is 100 cm³/mol. The molecule has 0 spiro atoms. The van der Waals surface area contributed by atoms with Crippen LogP contribution >= 0.6 is 11.6 Å². The molecule has 0 unspecified atom stereocenters. The number of rotatable bonds is 8. The van der Waals surface area contributed by atoms with Gasteiger partial charge in [-0.15, -0.1) is 0 Å². The van der Waals surface area contributed by atoms with Crippen LogP contribution in [0, 0.1) is 0 Å². The number of para-hydroxylation sites is 1. The van der Waals surface area contributed by atoms with Crippen molar-refractivity contribution in [1.82, 2.24) is 4.98 Å². The first-order valence-corrected chi connectivity index (χ1v) is 8.43. The molecule has 0 saturated heterocycles. The molecule has 1 aromatic heterocycles. The summed E-state index contributed by atoms with van der Waals surface area (Å²) in [5.74, 6) is 2.33. The molecular weight excluding hydrogens is 336 g/mol. The minimum atomic E-state index is 0.431. The second-order valence-electron chi connectivity index (χ2n) is 5.34. The molecule has 128 valence electrons. The average molecular weight is 355 g/mol. The number of ether oxygens (including phenoxy) is 2. The van der Waals surface area contributed by atoms with E-state index in [0.717, 1.165) is 17.1 Å². The molecule has 0 radical (unpaired) electrons. The molecule has 0 bridgehead atoms. The first kappa shape index (κ1) is 17.1. The highest BCUT2D eigenvalue weighted by molar-refractivity contribution is 6.32. The Kier molecular flexibility index (Phi) is 6.12. The summed E-state index contributed by atoms with van der Waals surface area (Å²) < 4.78 is 11.4. The van der Waals surface area contributed by atoms with Crippen LogP contribution in [0.1, 0.15) is 5.56 Å². The molecule has 5 heteroatoms. The Bertz CT molecular complexity index is 796. The number of aromatic nitrogens is 1. The molecule has 0 aliphatic heterocycles. The number of nitrogens with one attached hydrogen (secondary N) is 1. The number of nitrogens with zero attached hydrogens (tertiary/aromatic N) is 1. The summed E-state index contributed by atoms with van der Waals surface area (Å²) in [7, 11) is 0. The number of anilines is 1. The van der Waals surface area contributed by atoms with Crippen LogP contribution in [0.25, 0.3) is 0 Å². The van der Waals surface area contributed by atoms with Crippen molar-refractivity contribution in [3.05, 3.63) is 83.5 Å². The molecule has 0 amide bonds. The summed E-state index contributed by atoms with van der Waals surface area (Å²) in [5, 5.41) is 3.88. The lowest BCUT2D eigenvalue weighted by Gasteiger charge is -2.11. The van der Waals surface area contributed by atoms with Gasteiger partial charge in [0.25, 0.3) is 0 Å². The zero-order valence-corrected chi connectivity index (χ0v) is 14.4. The molecular formula is C20H19ClN2O2. The van der Waals surface area contributed by atoms with Crippen LogP contribution in [-0.2, 0) is 6.54 Å². The fraction of sp³-hybridized carbons (Fsp3) is 0.150. The van der Waals surface area contributed by atoms with Crippen LogP contribution in [0.3, 0.4) is 0 Å². The van der Waals surface area contributed by atoms with Crippen molar-refractivity contribution in [3.63, 3.8) is 0 Å². The molecule has 0 fully saturated rings. The van der Waals surface area contributed by atoms with E-state index >= 15 is 0 Å². The van der Waals surface area contributed by atoms with Crippen LogP contribution in [0.2, 0.25) is 5.02 Å². The lowest BCUT2D eigenvalue weighted by Crippen LogP contribution is -2.09. The minimum absolute atomic E-state index is 0.431. The maximum absolute atomic E-state index is 6.05. The molecule has 0 atom stereocenters. The van der Waals surface area contributed by atoms with E-state index in [2.05, 4.69) is 10.3 Å². The van der Waals surface area contributed by atoms with Gasteiger partial charge in [0, 0.05) is 12.7 Å². The number of pyridine rings is 1. The maximum Gasteiger partial charge on any atom is 0.138 e. The highest BCUT2D eigenvalue weighted by Gasteiger charge is 2.01. The van der Waals surface area contributed by atoms with E-state index in [9.17, 15) is 0 Å². The fourth-order valence-corrected chi connectivity index (χ4v) is 2.47. The van der Waals surface area contributed by atoms with Gasteiger partial charge in [0.05, 0.1) is 5.02 Å². The van der Waals surface area contributed by atoms with Gasteiger partial charge in [0.15, 0.2) is 0 Å². The van der Waals surface area contributed by atoms with Gasteiger partial charge in [0.2, 0.25) is 0 Å². The Labute approximate surface area is 152 Å². The Morgan fingerprint density at radius 1 is 0.880 bits per heavy atom. The second-order valence-corrected chi connectivity index (χ2v) is 5.75. The van der Waals surface area contributed by atoms with Crippen molar-refractivity contribution in [2.45, 2.75) is 6.54 Å². The van der Waals surface area contributed by atoms with Gasteiger partial charge < -0.3 is 14.8 Å². The van der Waals surface area contributed by atoms with Crippen molar-refractivity contribution < 1.29 is 9.47 Å². The monoisotopic (exact) mass is 354 g/mol. The van der Waals surface area contributed by atoms with Gasteiger partial charge in [-0.1, -0.05) is 41.9 Å². The Balaban J connectivity index is 1.46. The minimum Gasteiger partial charge on any atom is -0.490 e. The van der Waals surface area contributed by atoms with Gasteiger partial charge in [-0.3, -0.25) is 0 Å². The SMILES string of the molecule is Clc1ccccc1OCCOc1cccc(CNc2ccccn2)c1. The van der Waals surface area contributed by atoms with Crippen molar-refractivity contribution in [1.29, 1.82) is 0 Å². The van der Waals surface area contributed by atoms with E-state index in [4.69, 9.17) is 21.1 Å². The molecule has 1 N–H and O–H groups in total. The van der Waals surface area contributed by atoms with E-state index in [1.807, 2.05) is 60.7 Å². The van der Waals surface area contributed by atoms with Crippen LogP contribution in [0.15, 0.2) is 72.9 Å². The molecule has 4 nitrogen and oxygen atoms in total. The van der Waals surface area contributed by atoms with E-state index in [1.54, 1.807) is 12.3 Å². The van der Waals surface area contributed by atoms with Crippen LogP contribution < -0.4 is 14.8 Å². The van der Waals surface area contributed by atoms with Gasteiger partial charge in [-0.25, -0.2) is 4.98 Å². The van der Waals surface area contributed by atoms with Gasteiger partial charge >= 0.3 is 0 Å². The smallest absolute Gasteiger partial charge is 0.138 e. The average Bonchev–Trinajstić information content (AvgIpc) is 2.66. The maximum atomic E-state index is 6.05. The first-order chi connectivity index (χ1) is 12.3. The third-order valence-corrected chi connectivity index (χ3v) is 3.80. The van der Waals surface area contributed by atoms with Crippen LogP contribution in [0.4, 0.5) is 5.82 Å². The molecule has 3 aromatic rings. The topological polar surface area (TPSA) is 43.4 Å². The number of hydrogen-bond acceptors (Lipinski definition) is 4. The van der Waals surface area contributed by atoms with Crippen molar-refractivity contribution in [2.24, 2.45) is 0 Å². The summed E-state index contributed by atoms with van der Waals surface area (Å²) in [6, 6.07) is 21.1. The van der Waals surface area contributed by atoms with E-state index < -0.39 is 0 Å². The third kappa shape index (κ3) is 5.40. The molecule has 0 aliphatic carbocycles. The summed E-state index contributed by atoms with van der Waals surface area (Å²) in [4.78, 5) is 4.24. The van der Waals surface area contributed by atoms with Crippen LogP contribution in [-0.4, -0.2) is 18.2 Å². The van der Waals surface area contributed by atoms with Crippen molar-refractivity contribution >= 4 is 17.4 Å². The zero-order valence-electron chi connectivity index (χ0n) is 13.7. The second kappa shape index (κ2) is 8.94. The molecule has 3 rings (SSSR count). The zero-order chi connectivity index (χ0) is 17.3. The number of hydrogen-bond donors (Lipinski definition) is 1. The third-order valence-electron chi connectivity index (χ3n) is 3.48. The van der Waals surface area contributed by atoms with Gasteiger partial charge in [-0.05, 0) is 42.0 Å². The summed E-state index contributed by atoms with van der Waals surface area (Å²) >= 11 is 6.05. The first-order valence-electron chi connectivity index (χ1n) is 8.05. The van der Waals surface area contributed by atoms with E-state index in [1.165, 1.54) is 0 Å². The largest absolute Gasteiger partial charge is 0.490 e. The van der Waals surface area contributed by atoms with Crippen LogP contribution in [0.5, 0.6) is 11.5 Å². The molecule has 2 aromatic carbocycles. The molecule has 0 aliphatic rings. The highest BCUT2D eigenvalue weighted by atomic mass is 35.5. The van der Waals surface area contributed by atoms with Crippen molar-refractivity contribution in [3.8, 4) is 11.5 Å². The van der Waals surface area contributed by atoms with Gasteiger partial charge in [-0.2, -0.15) is 0 Å². The lowest BCUT2D eigenvalue weighted by atomic mass is 10.2. The summed E-state index contributed by atoms with van der Waals surface area (Å²) in [5.41, 5.74) is 1.12. The number of benzene rings is 2. The fourth-order valence-electron chi connectivity index (χ4n) is 2.28. The standard InChI is InChI=1S/C20H19ClN2O2/c21-18-8-1-2-9-19(18)25-13-12-24-17-7-5-6-16(14-17)15-23-20-10-3-4-11-22-20/h1-11,14H,12-13,15H2,(H,22,23). The highest BCUT2D eigenvalue weighted by Crippen LogP contribution is 2.23. The van der Waals surface area contributed by atoms with Crippen molar-refractivity contribution in [2.75, 3.05) is 18.5 Å². The summed E-state index contributed by atoms with van der Waals surface area (Å²) in [6.45, 7) is 1.56. The van der Waals surface area contributed by atoms with E-state index in [0.29, 0.717) is 30.5 Å². The lowest BCUT2D eigenvalue weighted by molar-refractivity contribution is 0.217. The molecule has 25 heavy (non-hydrogen) atoms. The van der Waals surface area contributed by atoms with Gasteiger partial charge in [0.1, 0.15) is 30.5 Å². The summed E-state index contributed by atoms with van der Waals surface area (Å²) in [6.07, 6.45) is 1.76. The number of halogens is 1. The molecule has 0 saturated carbocycles. The Morgan fingerprint density at radius 3 is 2.56 bits per heavy atom. The quantitative estimate of drug-likeness (QED) is 0.590. The Morgan fingerprint density at radius 2 is 1.72 bits per heavy atom. The normalized spacial score (nSPS) is 10.3.